The highest BCUT2D eigenvalue weighted by Crippen LogP contribution is 2.31. The molecule has 0 spiro atoms. The summed E-state index contributed by atoms with van der Waals surface area (Å²) in [5.41, 5.74) is 2.19. The molecule has 0 radical (unpaired) electrons. The second-order valence-corrected chi connectivity index (χ2v) is 5.48. The second-order valence-electron chi connectivity index (χ2n) is 5.48. The largest absolute Gasteiger partial charge is 0.361 e. The van der Waals surface area contributed by atoms with Crippen LogP contribution in [-0.4, -0.2) is 20.9 Å². The fourth-order valence-electron chi connectivity index (χ4n) is 2.88. The Labute approximate surface area is 123 Å². The molecule has 0 aliphatic heterocycles. The van der Waals surface area contributed by atoms with E-state index < -0.39 is 4.92 Å². The van der Waals surface area contributed by atoms with Crippen LogP contribution in [0.25, 0.3) is 0 Å². The van der Waals surface area contributed by atoms with Gasteiger partial charge in [0.25, 0.3) is 0 Å². The van der Waals surface area contributed by atoms with Crippen molar-refractivity contribution in [3.63, 3.8) is 0 Å². The molecule has 1 fully saturated rings. The fourth-order valence-corrected chi connectivity index (χ4v) is 2.88. The van der Waals surface area contributed by atoms with Gasteiger partial charge in [-0.2, -0.15) is 4.98 Å². The van der Waals surface area contributed by atoms with Gasteiger partial charge in [-0.15, -0.1) is 0 Å². The van der Waals surface area contributed by atoms with Crippen LogP contribution in [0.5, 0.6) is 0 Å². The lowest BCUT2D eigenvalue weighted by Gasteiger charge is -2.29. The molecule has 8 heteroatoms. The van der Waals surface area contributed by atoms with Crippen molar-refractivity contribution in [2.45, 2.75) is 51.5 Å². The molecule has 4 N–H and O–H groups in total. The number of nitrogen functional groups attached to an aromatic ring is 1. The van der Waals surface area contributed by atoms with E-state index in [2.05, 4.69) is 27.6 Å². The summed E-state index contributed by atoms with van der Waals surface area (Å²) in [7, 11) is 0. The number of nitrogens with two attached hydrogens (primary N) is 1. The summed E-state index contributed by atoms with van der Waals surface area (Å²) < 4.78 is 0. The minimum Gasteiger partial charge on any atom is -0.361 e. The van der Waals surface area contributed by atoms with Gasteiger partial charge in [-0.05, 0) is 31.6 Å². The maximum absolute atomic E-state index is 11.0. The van der Waals surface area contributed by atoms with Gasteiger partial charge >= 0.3 is 5.69 Å². The van der Waals surface area contributed by atoms with Crippen molar-refractivity contribution in [3.05, 3.63) is 16.3 Å². The van der Waals surface area contributed by atoms with Gasteiger partial charge in [0.15, 0.2) is 0 Å². The van der Waals surface area contributed by atoms with E-state index in [1.165, 1.54) is 19.0 Å². The molecule has 0 amide bonds. The zero-order valence-corrected chi connectivity index (χ0v) is 12.2. The molecule has 0 saturated heterocycles. The molecule has 1 aromatic rings. The molecule has 1 saturated carbocycles. The Hall–Kier alpha value is -1.96. The van der Waals surface area contributed by atoms with Crippen LogP contribution in [0, 0.1) is 16.0 Å². The van der Waals surface area contributed by atoms with Crippen molar-refractivity contribution in [1.82, 2.24) is 9.97 Å². The summed E-state index contributed by atoms with van der Waals surface area (Å²) >= 11 is 0. The van der Waals surface area contributed by atoms with E-state index in [0.717, 1.165) is 31.6 Å². The van der Waals surface area contributed by atoms with Crippen LogP contribution in [0.1, 0.15) is 45.4 Å². The minimum absolute atomic E-state index is 0.121. The Morgan fingerprint density at radius 1 is 1.43 bits per heavy atom. The maximum atomic E-state index is 11.0. The number of hydrogen-bond acceptors (Lipinski definition) is 7. The van der Waals surface area contributed by atoms with E-state index in [-0.39, 0.29) is 23.5 Å². The molecular weight excluding hydrogens is 272 g/mol. The maximum Gasteiger partial charge on any atom is 0.329 e. The smallest absolute Gasteiger partial charge is 0.329 e. The summed E-state index contributed by atoms with van der Waals surface area (Å²) in [6.45, 7) is 2.20. The summed E-state index contributed by atoms with van der Waals surface area (Å²) in [4.78, 5) is 18.4. The number of nitro groups is 1. The van der Waals surface area contributed by atoms with E-state index in [1.54, 1.807) is 0 Å². The number of anilines is 2. The van der Waals surface area contributed by atoms with Crippen molar-refractivity contribution >= 4 is 17.5 Å². The van der Waals surface area contributed by atoms with E-state index in [9.17, 15) is 10.1 Å². The summed E-state index contributed by atoms with van der Waals surface area (Å²) in [5, 5.41) is 14.2. The van der Waals surface area contributed by atoms with Gasteiger partial charge < -0.3 is 5.32 Å². The Kier molecular flexibility index (Phi) is 5.26. The average Bonchev–Trinajstić information content (AvgIpc) is 2.49. The van der Waals surface area contributed by atoms with Crippen molar-refractivity contribution in [2.24, 2.45) is 11.8 Å². The van der Waals surface area contributed by atoms with Crippen LogP contribution < -0.4 is 16.6 Å². The first kappa shape index (κ1) is 15.4. The van der Waals surface area contributed by atoms with Gasteiger partial charge in [-0.3, -0.25) is 15.5 Å². The van der Waals surface area contributed by atoms with Crippen molar-refractivity contribution < 1.29 is 4.92 Å². The SMILES string of the molecule is CCCC1CCC(Nc2nc(NN)ncc2[N+](=O)[O-])CC1. The van der Waals surface area contributed by atoms with E-state index in [4.69, 9.17) is 5.84 Å². The molecule has 0 unspecified atom stereocenters. The predicted molar refractivity (Wildman–Crippen MR) is 80.8 cm³/mol. The van der Waals surface area contributed by atoms with Gasteiger partial charge in [-0.25, -0.2) is 10.8 Å². The molecule has 1 aliphatic rings. The highest BCUT2D eigenvalue weighted by atomic mass is 16.6. The fraction of sp³-hybridized carbons (Fsp3) is 0.692. The van der Waals surface area contributed by atoms with Crippen molar-refractivity contribution in [1.29, 1.82) is 0 Å². The standard InChI is InChI=1S/C13H22N6O2/c1-2-3-9-4-6-10(7-5-9)16-12-11(19(20)21)8-15-13(17-12)18-14/h8-10H,2-7,14H2,1H3,(H2,15,16,17,18). The summed E-state index contributed by atoms with van der Waals surface area (Å²) in [6, 6.07) is 0.220. The van der Waals surface area contributed by atoms with E-state index >= 15 is 0 Å². The number of rotatable bonds is 6. The van der Waals surface area contributed by atoms with Crippen LogP contribution in [0.4, 0.5) is 17.5 Å². The number of hydrogen-bond donors (Lipinski definition) is 3. The monoisotopic (exact) mass is 294 g/mol. The molecule has 8 nitrogen and oxygen atoms in total. The first-order valence-electron chi connectivity index (χ1n) is 7.38. The van der Waals surface area contributed by atoms with Crippen LogP contribution in [0.2, 0.25) is 0 Å². The van der Waals surface area contributed by atoms with Crippen molar-refractivity contribution in [2.75, 3.05) is 10.7 Å². The first-order chi connectivity index (χ1) is 10.1. The molecule has 1 heterocycles. The topological polar surface area (TPSA) is 119 Å². The van der Waals surface area contributed by atoms with Gasteiger partial charge in [-0.1, -0.05) is 19.8 Å². The number of hydrazine groups is 1. The summed E-state index contributed by atoms with van der Waals surface area (Å²) in [6.07, 6.45) is 7.99. The molecular formula is C13H22N6O2. The molecule has 1 aromatic heterocycles. The predicted octanol–water partition coefficient (Wildman–Crippen LogP) is 2.44. The lowest BCUT2D eigenvalue weighted by Crippen LogP contribution is -2.27. The first-order valence-corrected chi connectivity index (χ1v) is 7.38. The van der Waals surface area contributed by atoms with Gasteiger partial charge in [0.1, 0.15) is 6.20 Å². The molecule has 1 aliphatic carbocycles. The van der Waals surface area contributed by atoms with E-state index in [0.29, 0.717) is 0 Å². The third kappa shape index (κ3) is 4.01. The normalized spacial score (nSPS) is 21.8. The zero-order chi connectivity index (χ0) is 15.2. The Morgan fingerprint density at radius 2 is 2.14 bits per heavy atom. The minimum atomic E-state index is -0.481. The quantitative estimate of drug-likeness (QED) is 0.418. The molecule has 21 heavy (non-hydrogen) atoms. The lowest BCUT2D eigenvalue weighted by atomic mass is 9.83. The molecule has 0 bridgehead atoms. The average molecular weight is 294 g/mol. The highest BCUT2D eigenvalue weighted by molar-refractivity contribution is 5.57. The Morgan fingerprint density at radius 3 is 2.71 bits per heavy atom. The molecule has 0 aromatic carbocycles. The number of nitrogens with one attached hydrogen (secondary N) is 2. The van der Waals surface area contributed by atoms with Crippen LogP contribution >= 0.6 is 0 Å². The Bertz CT molecular complexity index is 488. The lowest BCUT2D eigenvalue weighted by molar-refractivity contribution is -0.384. The van der Waals surface area contributed by atoms with E-state index in [1.807, 2.05) is 0 Å². The number of nitrogens with zero attached hydrogens (tertiary/aromatic N) is 3. The molecule has 0 atom stereocenters. The number of aromatic nitrogens is 2. The zero-order valence-electron chi connectivity index (χ0n) is 12.2. The van der Waals surface area contributed by atoms with Crippen LogP contribution in [-0.2, 0) is 0 Å². The van der Waals surface area contributed by atoms with Crippen LogP contribution in [0.3, 0.4) is 0 Å². The Balaban J connectivity index is 2.03. The van der Waals surface area contributed by atoms with Gasteiger partial charge in [0.2, 0.25) is 11.8 Å². The third-order valence-electron chi connectivity index (χ3n) is 3.98. The van der Waals surface area contributed by atoms with Gasteiger partial charge in [0, 0.05) is 6.04 Å². The second kappa shape index (κ2) is 7.16. The third-order valence-corrected chi connectivity index (χ3v) is 3.98. The van der Waals surface area contributed by atoms with Gasteiger partial charge in [0.05, 0.1) is 4.92 Å². The molecule has 2 rings (SSSR count). The summed E-state index contributed by atoms with van der Waals surface area (Å²) in [5.74, 6) is 6.45. The highest BCUT2D eigenvalue weighted by Gasteiger charge is 2.24. The van der Waals surface area contributed by atoms with Crippen LogP contribution in [0.15, 0.2) is 6.20 Å². The molecule has 116 valence electrons. The van der Waals surface area contributed by atoms with Crippen molar-refractivity contribution in [3.8, 4) is 0 Å².